The summed E-state index contributed by atoms with van der Waals surface area (Å²) < 4.78 is 0.834. The summed E-state index contributed by atoms with van der Waals surface area (Å²) in [5.74, 6) is 0.259. The summed E-state index contributed by atoms with van der Waals surface area (Å²) >= 11 is 3.36. The number of carbonyl (C=O) groups is 2. The van der Waals surface area contributed by atoms with Crippen LogP contribution in [0.4, 0.5) is 5.82 Å². The number of hydrogen-bond donors (Lipinski definition) is 2. The van der Waals surface area contributed by atoms with Gasteiger partial charge in [0.1, 0.15) is 11.9 Å². The van der Waals surface area contributed by atoms with Gasteiger partial charge in [-0.25, -0.2) is 4.98 Å². The van der Waals surface area contributed by atoms with Gasteiger partial charge in [0.15, 0.2) is 0 Å². The number of benzene rings is 1. The summed E-state index contributed by atoms with van der Waals surface area (Å²) in [6.45, 7) is 0.410. The zero-order chi connectivity index (χ0) is 18.1. The van der Waals surface area contributed by atoms with Crippen molar-refractivity contribution in [3.63, 3.8) is 0 Å². The number of pyridine rings is 1. The van der Waals surface area contributed by atoms with Crippen LogP contribution in [-0.4, -0.2) is 32.7 Å². The molecule has 3 aromatic rings. The fourth-order valence-electron chi connectivity index (χ4n) is 3.33. The van der Waals surface area contributed by atoms with E-state index < -0.39 is 6.04 Å². The highest BCUT2D eigenvalue weighted by Crippen LogP contribution is 2.26. The van der Waals surface area contributed by atoms with E-state index in [-0.39, 0.29) is 11.8 Å². The first-order valence-electron chi connectivity index (χ1n) is 8.39. The summed E-state index contributed by atoms with van der Waals surface area (Å²) in [7, 11) is 0. The van der Waals surface area contributed by atoms with Gasteiger partial charge >= 0.3 is 0 Å². The molecule has 1 atom stereocenters. The number of fused-ring (bicyclic) bond motifs is 1. The Kier molecular flexibility index (Phi) is 4.46. The Hall–Kier alpha value is -2.67. The van der Waals surface area contributed by atoms with E-state index >= 15 is 0 Å². The van der Waals surface area contributed by atoms with E-state index in [0.717, 1.165) is 20.9 Å². The summed E-state index contributed by atoms with van der Waals surface area (Å²) in [6, 6.07) is 11.0. The minimum absolute atomic E-state index is 0.00219. The second-order valence-corrected chi connectivity index (χ2v) is 7.20. The topological polar surface area (TPSA) is 78.1 Å². The molecule has 3 heterocycles. The van der Waals surface area contributed by atoms with Crippen LogP contribution < -0.4 is 5.32 Å². The van der Waals surface area contributed by atoms with Gasteiger partial charge in [-0.05, 0) is 30.2 Å². The normalized spacial score (nSPS) is 17.0. The van der Waals surface area contributed by atoms with Gasteiger partial charge in [0.2, 0.25) is 11.8 Å². The number of hydrogen-bond acceptors (Lipinski definition) is 3. The fraction of sp³-hybridized carbons (Fsp3) is 0.211. The quantitative estimate of drug-likeness (QED) is 0.688. The number of carbonyl (C=O) groups excluding carboxylic acids is 2. The maximum Gasteiger partial charge on any atom is 0.248 e. The van der Waals surface area contributed by atoms with E-state index in [2.05, 4.69) is 31.2 Å². The molecule has 0 radical (unpaired) electrons. The molecule has 2 amide bonds. The van der Waals surface area contributed by atoms with Gasteiger partial charge in [-0.2, -0.15) is 0 Å². The first-order valence-corrected chi connectivity index (χ1v) is 9.18. The van der Waals surface area contributed by atoms with E-state index in [1.54, 1.807) is 23.2 Å². The van der Waals surface area contributed by atoms with Crippen molar-refractivity contribution in [1.29, 1.82) is 0 Å². The van der Waals surface area contributed by atoms with Crippen molar-refractivity contribution in [3.8, 4) is 0 Å². The molecule has 2 N–H and O–H groups in total. The molecule has 0 aliphatic carbocycles. The van der Waals surface area contributed by atoms with Crippen LogP contribution >= 0.6 is 15.9 Å². The molecule has 1 fully saturated rings. The smallest absolute Gasteiger partial charge is 0.248 e. The number of H-pyrrole nitrogens is 1. The minimum atomic E-state index is -0.489. The monoisotopic (exact) mass is 412 g/mol. The molecule has 4 rings (SSSR count). The molecular weight excluding hydrogens is 396 g/mol. The average Bonchev–Trinajstić information content (AvgIpc) is 3.20. The van der Waals surface area contributed by atoms with Crippen LogP contribution in [0.2, 0.25) is 0 Å². The van der Waals surface area contributed by atoms with Crippen molar-refractivity contribution >= 4 is 44.5 Å². The lowest BCUT2D eigenvalue weighted by Gasteiger charge is -2.23. The Labute approximate surface area is 158 Å². The molecule has 1 unspecified atom stereocenters. The van der Waals surface area contributed by atoms with Crippen LogP contribution in [0.3, 0.4) is 0 Å². The van der Waals surface area contributed by atoms with Crippen LogP contribution in [0.5, 0.6) is 0 Å². The standard InChI is InChI=1S/C19H17BrN4O2/c20-13-7-8-21-17(9-13)23-19(26)16-5-6-18(25)24(16)11-12-10-22-15-4-2-1-3-14(12)15/h1-4,7-10,16,22H,5-6,11H2,(H,21,23,26). The van der Waals surface area contributed by atoms with Crippen molar-refractivity contribution in [2.45, 2.75) is 25.4 Å². The maximum atomic E-state index is 12.7. The Bertz CT molecular complexity index is 984. The highest BCUT2D eigenvalue weighted by molar-refractivity contribution is 9.10. The Morgan fingerprint density at radius 3 is 3.04 bits per heavy atom. The lowest BCUT2D eigenvalue weighted by molar-refractivity contribution is -0.133. The minimum Gasteiger partial charge on any atom is -0.361 e. The van der Waals surface area contributed by atoms with E-state index in [0.29, 0.717) is 25.2 Å². The summed E-state index contributed by atoms with van der Waals surface area (Å²) in [5.41, 5.74) is 2.03. The summed E-state index contributed by atoms with van der Waals surface area (Å²) in [6.07, 6.45) is 4.41. The van der Waals surface area contributed by atoms with Crippen LogP contribution in [0, 0.1) is 0 Å². The number of halogens is 1. The fourth-order valence-corrected chi connectivity index (χ4v) is 3.67. The van der Waals surface area contributed by atoms with Gasteiger partial charge in [0.25, 0.3) is 0 Å². The Morgan fingerprint density at radius 1 is 1.35 bits per heavy atom. The van der Waals surface area contributed by atoms with Gasteiger partial charge < -0.3 is 15.2 Å². The van der Waals surface area contributed by atoms with Crippen molar-refractivity contribution in [2.24, 2.45) is 0 Å². The van der Waals surface area contributed by atoms with Gasteiger partial charge in [-0.15, -0.1) is 0 Å². The lowest BCUT2D eigenvalue weighted by atomic mass is 10.1. The first-order chi connectivity index (χ1) is 12.6. The summed E-state index contributed by atoms with van der Waals surface area (Å²) in [5, 5.41) is 3.88. The molecule has 0 spiro atoms. The van der Waals surface area contributed by atoms with Crippen LogP contribution in [0.15, 0.2) is 53.3 Å². The van der Waals surface area contributed by atoms with Crippen molar-refractivity contribution < 1.29 is 9.59 Å². The molecule has 7 heteroatoms. The van der Waals surface area contributed by atoms with E-state index in [4.69, 9.17) is 0 Å². The highest BCUT2D eigenvalue weighted by Gasteiger charge is 2.36. The predicted octanol–water partition coefficient (Wildman–Crippen LogP) is 3.46. The van der Waals surface area contributed by atoms with E-state index in [1.807, 2.05) is 30.5 Å². The number of aromatic amines is 1. The molecular formula is C19H17BrN4O2. The van der Waals surface area contributed by atoms with Crippen molar-refractivity contribution in [3.05, 3.63) is 58.8 Å². The van der Waals surface area contributed by atoms with Gasteiger partial charge in [-0.1, -0.05) is 34.1 Å². The third-order valence-electron chi connectivity index (χ3n) is 4.62. The molecule has 1 aliphatic rings. The van der Waals surface area contributed by atoms with Crippen LogP contribution in [-0.2, 0) is 16.1 Å². The first kappa shape index (κ1) is 16.8. The van der Waals surface area contributed by atoms with E-state index in [1.165, 1.54) is 0 Å². The number of anilines is 1. The molecule has 1 saturated heterocycles. The molecule has 0 saturated carbocycles. The second-order valence-electron chi connectivity index (χ2n) is 6.28. The third kappa shape index (κ3) is 3.22. The molecule has 26 heavy (non-hydrogen) atoms. The Balaban J connectivity index is 1.54. The highest BCUT2D eigenvalue weighted by atomic mass is 79.9. The number of nitrogens with one attached hydrogen (secondary N) is 2. The number of rotatable bonds is 4. The number of amides is 2. The lowest BCUT2D eigenvalue weighted by Crippen LogP contribution is -2.41. The predicted molar refractivity (Wildman–Crippen MR) is 102 cm³/mol. The largest absolute Gasteiger partial charge is 0.361 e. The summed E-state index contributed by atoms with van der Waals surface area (Å²) in [4.78, 5) is 34.1. The zero-order valence-electron chi connectivity index (χ0n) is 13.9. The maximum absolute atomic E-state index is 12.7. The number of likely N-dealkylation sites (tertiary alicyclic amines) is 1. The molecule has 0 bridgehead atoms. The molecule has 1 aliphatic heterocycles. The number of aromatic nitrogens is 2. The van der Waals surface area contributed by atoms with Gasteiger partial charge in [0.05, 0.1) is 0 Å². The third-order valence-corrected chi connectivity index (χ3v) is 5.11. The average molecular weight is 413 g/mol. The number of para-hydroxylation sites is 1. The molecule has 1 aromatic carbocycles. The van der Waals surface area contributed by atoms with Crippen molar-refractivity contribution in [2.75, 3.05) is 5.32 Å². The van der Waals surface area contributed by atoms with Crippen LogP contribution in [0.25, 0.3) is 10.9 Å². The molecule has 2 aromatic heterocycles. The zero-order valence-corrected chi connectivity index (χ0v) is 15.5. The SMILES string of the molecule is O=C(Nc1cc(Br)ccn1)C1CCC(=O)N1Cc1c[nH]c2ccccc12. The number of nitrogens with zero attached hydrogens (tertiary/aromatic N) is 2. The van der Waals surface area contributed by atoms with Crippen molar-refractivity contribution in [1.82, 2.24) is 14.9 Å². The van der Waals surface area contributed by atoms with Gasteiger partial charge in [-0.3, -0.25) is 9.59 Å². The second kappa shape index (κ2) is 6.92. The molecule has 6 nitrogen and oxygen atoms in total. The Morgan fingerprint density at radius 2 is 2.19 bits per heavy atom. The van der Waals surface area contributed by atoms with Crippen LogP contribution in [0.1, 0.15) is 18.4 Å². The van der Waals surface area contributed by atoms with E-state index in [9.17, 15) is 9.59 Å². The van der Waals surface area contributed by atoms with Gasteiger partial charge in [0, 0.05) is 40.7 Å². The molecule has 132 valence electrons.